The molecule has 0 aliphatic heterocycles. The highest BCUT2D eigenvalue weighted by atomic mass is 79.9. The van der Waals surface area contributed by atoms with Crippen molar-refractivity contribution < 1.29 is 9.18 Å². The maximum absolute atomic E-state index is 13.9. The van der Waals surface area contributed by atoms with Crippen molar-refractivity contribution in [3.8, 4) is 0 Å². The van der Waals surface area contributed by atoms with E-state index in [4.69, 9.17) is 0 Å². The Morgan fingerprint density at radius 1 is 1.21 bits per heavy atom. The van der Waals surface area contributed by atoms with Crippen molar-refractivity contribution in [1.82, 2.24) is 9.55 Å². The molecule has 0 saturated carbocycles. The zero-order valence-electron chi connectivity index (χ0n) is 14.3. The number of pyridine rings is 1. The van der Waals surface area contributed by atoms with Crippen LogP contribution in [0.5, 0.6) is 0 Å². The zero-order valence-corrected chi connectivity index (χ0v) is 16.7. The third-order valence-electron chi connectivity index (χ3n) is 4.25. The van der Waals surface area contributed by atoms with E-state index < -0.39 is 17.8 Å². The van der Waals surface area contributed by atoms with E-state index in [0.717, 1.165) is 9.86 Å². The Hall–Kier alpha value is -2.84. The summed E-state index contributed by atoms with van der Waals surface area (Å²) in [5, 5.41) is 6.05. The minimum absolute atomic E-state index is 0.345. The molecule has 1 atom stereocenters. The van der Waals surface area contributed by atoms with E-state index in [-0.39, 0.29) is 5.56 Å². The minimum atomic E-state index is -1.05. The second kappa shape index (κ2) is 7.65. The fraction of sp³-hybridized carbons (Fsp3) is 0.0500. The van der Waals surface area contributed by atoms with Gasteiger partial charge in [0.15, 0.2) is 5.13 Å². The van der Waals surface area contributed by atoms with Crippen LogP contribution in [0.3, 0.4) is 0 Å². The summed E-state index contributed by atoms with van der Waals surface area (Å²) in [6.07, 6.45) is 3.12. The van der Waals surface area contributed by atoms with E-state index in [1.54, 1.807) is 36.0 Å². The molecule has 0 spiro atoms. The van der Waals surface area contributed by atoms with Gasteiger partial charge in [-0.25, -0.2) is 9.37 Å². The lowest BCUT2D eigenvalue weighted by molar-refractivity contribution is -0.118. The van der Waals surface area contributed by atoms with Crippen LogP contribution in [0.15, 0.2) is 75.6 Å². The smallest absolute Gasteiger partial charge is 0.259 e. The van der Waals surface area contributed by atoms with Crippen LogP contribution in [-0.4, -0.2) is 15.5 Å². The molecule has 5 nitrogen and oxygen atoms in total. The first-order valence-corrected chi connectivity index (χ1v) is 9.96. The Morgan fingerprint density at radius 3 is 2.82 bits per heavy atom. The molecule has 140 valence electrons. The molecule has 0 bridgehead atoms. The summed E-state index contributed by atoms with van der Waals surface area (Å²) in [4.78, 5) is 30.2. The number of aromatic nitrogens is 2. The molecule has 1 amide bonds. The third-order valence-corrected chi connectivity index (χ3v) is 5.43. The van der Waals surface area contributed by atoms with Crippen molar-refractivity contribution >= 4 is 49.1 Å². The number of hydrogen-bond donors (Lipinski definition) is 1. The molecule has 0 radical (unpaired) electrons. The lowest BCUT2D eigenvalue weighted by atomic mass is 10.0. The van der Waals surface area contributed by atoms with Crippen molar-refractivity contribution in [2.24, 2.45) is 0 Å². The molecule has 28 heavy (non-hydrogen) atoms. The standard InChI is InChI=1S/C20H13BrFN3O2S/c21-14-5-4-12-6-8-25(19(27)16(12)11-14)17(13-2-1-3-15(22)10-13)18(26)24-20-23-7-9-28-20/h1-11,17H,(H,23,24,26). The van der Waals surface area contributed by atoms with E-state index in [0.29, 0.717) is 16.1 Å². The van der Waals surface area contributed by atoms with Crippen LogP contribution in [0.25, 0.3) is 10.8 Å². The largest absolute Gasteiger partial charge is 0.300 e. The van der Waals surface area contributed by atoms with Gasteiger partial charge in [0.2, 0.25) is 0 Å². The summed E-state index contributed by atoms with van der Waals surface area (Å²) in [6.45, 7) is 0. The third kappa shape index (κ3) is 3.61. The van der Waals surface area contributed by atoms with Crippen molar-refractivity contribution in [3.05, 3.63) is 92.5 Å². The fourth-order valence-corrected chi connectivity index (χ4v) is 3.90. The molecule has 1 N–H and O–H groups in total. The van der Waals surface area contributed by atoms with Crippen LogP contribution in [0, 0.1) is 5.82 Å². The Balaban J connectivity index is 1.88. The first-order valence-electron chi connectivity index (χ1n) is 8.29. The monoisotopic (exact) mass is 457 g/mol. The first kappa shape index (κ1) is 18.5. The number of halogens is 2. The van der Waals surface area contributed by atoms with Gasteiger partial charge >= 0.3 is 0 Å². The Bertz CT molecular complexity index is 1220. The lowest BCUT2D eigenvalue weighted by Gasteiger charge is -2.20. The first-order chi connectivity index (χ1) is 13.5. The van der Waals surface area contributed by atoms with Gasteiger partial charge < -0.3 is 0 Å². The van der Waals surface area contributed by atoms with Crippen molar-refractivity contribution in [3.63, 3.8) is 0 Å². The van der Waals surface area contributed by atoms with Gasteiger partial charge in [-0.15, -0.1) is 11.3 Å². The second-order valence-corrected chi connectivity index (χ2v) is 7.85. The predicted octanol–water partition coefficient (Wildman–Crippen LogP) is 4.59. The van der Waals surface area contributed by atoms with Gasteiger partial charge in [-0.3, -0.25) is 19.5 Å². The molecule has 2 heterocycles. The molecule has 0 fully saturated rings. The average molecular weight is 458 g/mol. The summed E-state index contributed by atoms with van der Waals surface area (Å²) >= 11 is 4.63. The Morgan fingerprint density at radius 2 is 2.07 bits per heavy atom. The quantitative estimate of drug-likeness (QED) is 0.487. The second-order valence-electron chi connectivity index (χ2n) is 6.04. The number of carbonyl (C=O) groups is 1. The molecular formula is C20H13BrFN3O2S. The Kier molecular flexibility index (Phi) is 5.06. The molecular weight excluding hydrogens is 445 g/mol. The molecule has 8 heteroatoms. The summed E-state index contributed by atoms with van der Waals surface area (Å²) < 4.78 is 15.9. The van der Waals surface area contributed by atoms with E-state index >= 15 is 0 Å². The summed E-state index contributed by atoms with van der Waals surface area (Å²) in [5.41, 5.74) is 0.0212. The molecule has 4 rings (SSSR count). The minimum Gasteiger partial charge on any atom is -0.300 e. The summed E-state index contributed by atoms with van der Waals surface area (Å²) in [7, 11) is 0. The number of anilines is 1. The Labute approximate surface area is 171 Å². The van der Waals surface area contributed by atoms with Crippen LogP contribution >= 0.6 is 27.3 Å². The number of carbonyl (C=O) groups excluding carboxylic acids is 1. The van der Waals surface area contributed by atoms with Gasteiger partial charge in [0.1, 0.15) is 11.9 Å². The fourth-order valence-electron chi connectivity index (χ4n) is 3.00. The molecule has 4 aromatic rings. The highest BCUT2D eigenvalue weighted by Gasteiger charge is 2.25. The maximum atomic E-state index is 13.9. The van der Waals surface area contributed by atoms with Crippen LogP contribution in [-0.2, 0) is 4.79 Å². The van der Waals surface area contributed by atoms with Crippen molar-refractivity contribution in [2.75, 3.05) is 5.32 Å². The van der Waals surface area contributed by atoms with Gasteiger partial charge in [-0.2, -0.15) is 0 Å². The number of rotatable bonds is 4. The number of hydrogen-bond acceptors (Lipinski definition) is 4. The summed E-state index contributed by atoms with van der Waals surface area (Å²) in [5.74, 6) is -0.960. The van der Waals surface area contributed by atoms with Gasteiger partial charge in [0, 0.05) is 27.6 Å². The van der Waals surface area contributed by atoms with Gasteiger partial charge in [0.05, 0.1) is 0 Å². The zero-order chi connectivity index (χ0) is 19.7. The van der Waals surface area contributed by atoms with E-state index in [1.165, 1.54) is 34.1 Å². The number of fused-ring (bicyclic) bond motifs is 1. The maximum Gasteiger partial charge on any atom is 0.259 e. The van der Waals surface area contributed by atoms with Gasteiger partial charge in [-0.1, -0.05) is 34.1 Å². The highest BCUT2D eigenvalue weighted by Crippen LogP contribution is 2.23. The summed E-state index contributed by atoms with van der Waals surface area (Å²) in [6, 6.07) is 11.7. The number of nitrogens with zero attached hydrogens (tertiary/aromatic N) is 2. The van der Waals surface area contributed by atoms with Gasteiger partial charge in [0.25, 0.3) is 11.5 Å². The van der Waals surface area contributed by atoms with E-state index in [1.807, 2.05) is 12.1 Å². The normalized spacial score (nSPS) is 12.1. The number of thiazole rings is 1. The predicted molar refractivity (Wildman–Crippen MR) is 111 cm³/mol. The van der Waals surface area contributed by atoms with Crippen LogP contribution < -0.4 is 10.9 Å². The van der Waals surface area contributed by atoms with E-state index in [9.17, 15) is 14.0 Å². The van der Waals surface area contributed by atoms with Crippen LogP contribution in [0.1, 0.15) is 11.6 Å². The van der Waals surface area contributed by atoms with Crippen LogP contribution in [0.4, 0.5) is 9.52 Å². The lowest BCUT2D eigenvalue weighted by Crippen LogP contribution is -2.34. The van der Waals surface area contributed by atoms with Gasteiger partial charge in [-0.05, 0) is 41.3 Å². The van der Waals surface area contributed by atoms with Crippen molar-refractivity contribution in [1.29, 1.82) is 0 Å². The average Bonchev–Trinajstić information content (AvgIpc) is 3.17. The number of amides is 1. The SMILES string of the molecule is O=C(Nc1nccs1)C(c1cccc(F)c1)n1ccc2ccc(Br)cc2c1=O. The number of nitrogens with one attached hydrogen (secondary N) is 1. The van der Waals surface area contributed by atoms with E-state index in [2.05, 4.69) is 26.2 Å². The molecule has 0 aliphatic rings. The molecule has 2 aromatic carbocycles. The molecule has 0 aliphatic carbocycles. The molecule has 2 aromatic heterocycles. The number of benzene rings is 2. The highest BCUT2D eigenvalue weighted by molar-refractivity contribution is 9.10. The molecule has 1 unspecified atom stereocenters. The molecule has 0 saturated heterocycles. The van der Waals surface area contributed by atoms with Crippen LogP contribution in [0.2, 0.25) is 0 Å². The topological polar surface area (TPSA) is 64.0 Å². The van der Waals surface area contributed by atoms with Crippen molar-refractivity contribution in [2.45, 2.75) is 6.04 Å².